The molecule has 1 aromatic heterocycles. The Hall–Kier alpha value is -1.20. The first kappa shape index (κ1) is 7.90. The van der Waals surface area contributed by atoms with Gasteiger partial charge >= 0.3 is 6.18 Å². The highest BCUT2D eigenvalue weighted by molar-refractivity contribution is 5.10. The minimum absolute atomic E-state index is 0.0531. The van der Waals surface area contributed by atoms with E-state index in [0.717, 1.165) is 6.07 Å². The van der Waals surface area contributed by atoms with Gasteiger partial charge in [0.15, 0.2) is 5.69 Å². The van der Waals surface area contributed by atoms with Gasteiger partial charge in [-0.05, 0) is 13.0 Å². The van der Waals surface area contributed by atoms with E-state index in [4.69, 9.17) is 5.21 Å². The van der Waals surface area contributed by atoms with Crippen molar-refractivity contribution < 1.29 is 18.4 Å². The van der Waals surface area contributed by atoms with Gasteiger partial charge in [-0.25, -0.2) is 0 Å². The van der Waals surface area contributed by atoms with Gasteiger partial charge in [0.2, 0.25) is 0 Å². The van der Waals surface area contributed by atoms with Crippen LogP contribution in [0.2, 0.25) is 0 Å². The SMILES string of the molecule is Cc1cc(C(F)(F)F)nn1O. The molecule has 0 saturated carbocycles. The molecule has 0 radical (unpaired) electrons. The van der Waals surface area contributed by atoms with Crippen molar-refractivity contribution in [1.29, 1.82) is 0 Å². The van der Waals surface area contributed by atoms with Crippen LogP contribution in [-0.2, 0) is 6.18 Å². The van der Waals surface area contributed by atoms with Crippen LogP contribution in [0.25, 0.3) is 0 Å². The predicted molar refractivity (Wildman–Crippen MR) is 29.2 cm³/mol. The molecule has 0 amide bonds. The number of halogens is 3. The van der Waals surface area contributed by atoms with E-state index < -0.39 is 11.9 Å². The van der Waals surface area contributed by atoms with E-state index >= 15 is 0 Å². The molecule has 1 rings (SSSR count). The van der Waals surface area contributed by atoms with Crippen molar-refractivity contribution in [2.75, 3.05) is 0 Å². The molecule has 0 saturated heterocycles. The van der Waals surface area contributed by atoms with Crippen molar-refractivity contribution in [3.8, 4) is 0 Å². The zero-order valence-electron chi connectivity index (χ0n) is 5.55. The molecule has 1 aromatic rings. The standard InChI is InChI=1S/C5H5F3N2O/c1-3-2-4(5(6,7)8)9-10(3)11/h2,11H,1H3. The molecule has 6 heteroatoms. The molecule has 0 bridgehead atoms. The molecule has 3 nitrogen and oxygen atoms in total. The molecule has 1 N–H and O–H groups in total. The Morgan fingerprint density at radius 1 is 1.55 bits per heavy atom. The Balaban J connectivity index is 3.08. The summed E-state index contributed by atoms with van der Waals surface area (Å²) in [4.78, 5) is 0.197. The summed E-state index contributed by atoms with van der Waals surface area (Å²) in [7, 11) is 0. The van der Waals surface area contributed by atoms with Gasteiger partial charge in [0, 0.05) is 0 Å². The summed E-state index contributed by atoms with van der Waals surface area (Å²) >= 11 is 0. The lowest BCUT2D eigenvalue weighted by Gasteiger charge is -1.98. The molecule has 11 heavy (non-hydrogen) atoms. The molecular formula is C5H5F3N2O. The van der Waals surface area contributed by atoms with E-state index in [1.54, 1.807) is 0 Å². The summed E-state index contributed by atoms with van der Waals surface area (Å²) in [6, 6.07) is 0.764. The molecule has 0 atom stereocenters. The van der Waals surface area contributed by atoms with Gasteiger partial charge in [-0.2, -0.15) is 13.2 Å². The molecule has 62 valence electrons. The number of aryl methyl sites for hydroxylation is 1. The van der Waals surface area contributed by atoms with Crippen molar-refractivity contribution in [2.45, 2.75) is 13.1 Å². The maximum absolute atomic E-state index is 11.8. The molecule has 1 heterocycles. The van der Waals surface area contributed by atoms with Crippen LogP contribution in [-0.4, -0.2) is 15.2 Å². The minimum atomic E-state index is -4.49. The fourth-order valence-electron chi connectivity index (χ4n) is 0.604. The van der Waals surface area contributed by atoms with Crippen LogP contribution in [0.3, 0.4) is 0 Å². The Morgan fingerprint density at radius 2 is 2.09 bits per heavy atom. The third-order valence-corrected chi connectivity index (χ3v) is 1.15. The lowest BCUT2D eigenvalue weighted by molar-refractivity contribution is -0.142. The topological polar surface area (TPSA) is 38.0 Å². The molecule has 0 aliphatic heterocycles. The smallest absolute Gasteiger partial charge is 0.411 e. The number of alkyl halides is 3. The van der Waals surface area contributed by atoms with E-state index in [1.165, 1.54) is 6.92 Å². The van der Waals surface area contributed by atoms with Crippen LogP contribution >= 0.6 is 0 Å². The molecule has 0 aliphatic rings. The third kappa shape index (κ3) is 1.44. The number of rotatable bonds is 0. The highest BCUT2D eigenvalue weighted by Gasteiger charge is 2.34. The van der Waals surface area contributed by atoms with Crippen LogP contribution in [0.5, 0.6) is 0 Å². The zero-order chi connectivity index (χ0) is 8.65. The Kier molecular flexibility index (Phi) is 1.54. The maximum Gasteiger partial charge on any atom is 0.435 e. The number of nitrogens with zero attached hydrogens (tertiary/aromatic N) is 2. The maximum atomic E-state index is 11.8. The van der Waals surface area contributed by atoms with Crippen molar-refractivity contribution >= 4 is 0 Å². The van der Waals surface area contributed by atoms with Gasteiger partial charge in [0.1, 0.15) is 0 Å². The number of hydrogen-bond acceptors (Lipinski definition) is 2. The summed E-state index contributed by atoms with van der Waals surface area (Å²) in [5, 5.41) is 11.4. The van der Waals surface area contributed by atoms with E-state index in [-0.39, 0.29) is 10.5 Å². The van der Waals surface area contributed by atoms with Crippen LogP contribution in [0.15, 0.2) is 6.07 Å². The van der Waals surface area contributed by atoms with Gasteiger partial charge in [-0.1, -0.05) is 0 Å². The highest BCUT2D eigenvalue weighted by atomic mass is 19.4. The van der Waals surface area contributed by atoms with Crippen molar-refractivity contribution in [1.82, 2.24) is 9.94 Å². The van der Waals surface area contributed by atoms with E-state index in [9.17, 15) is 13.2 Å². The first-order valence-electron chi connectivity index (χ1n) is 2.74. The Bertz CT molecular complexity index is 246. The molecular weight excluding hydrogens is 161 g/mol. The lowest BCUT2D eigenvalue weighted by Crippen LogP contribution is -2.06. The Morgan fingerprint density at radius 3 is 2.27 bits per heavy atom. The zero-order valence-corrected chi connectivity index (χ0v) is 5.55. The summed E-state index contributed by atoms with van der Waals surface area (Å²) in [5.41, 5.74) is -1.03. The largest absolute Gasteiger partial charge is 0.435 e. The van der Waals surface area contributed by atoms with Crippen molar-refractivity contribution in [2.24, 2.45) is 0 Å². The molecule has 0 aromatic carbocycles. The summed E-state index contributed by atoms with van der Waals surface area (Å²) in [6.07, 6.45) is -4.49. The summed E-state index contributed by atoms with van der Waals surface area (Å²) in [5.74, 6) is 0. The highest BCUT2D eigenvalue weighted by Crippen LogP contribution is 2.27. The average molecular weight is 166 g/mol. The van der Waals surface area contributed by atoms with Crippen LogP contribution < -0.4 is 0 Å². The lowest BCUT2D eigenvalue weighted by atomic mass is 10.4. The quantitative estimate of drug-likeness (QED) is 0.592. The normalized spacial score (nSPS) is 12.0. The van der Waals surface area contributed by atoms with E-state index in [0.29, 0.717) is 0 Å². The van der Waals surface area contributed by atoms with Gasteiger partial charge in [0.25, 0.3) is 0 Å². The Labute approximate surface area is 60.0 Å². The molecule has 0 aliphatic carbocycles. The molecule has 0 unspecified atom stereocenters. The second-order valence-corrected chi connectivity index (χ2v) is 2.06. The molecule has 0 spiro atoms. The monoisotopic (exact) mass is 166 g/mol. The summed E-state index contributed by atoms with van der Waals surface area (Å²) < 4.78 is 35.4. The predicted octanol–water partition coefficient (Wildman–Crippen LogP) is 1.45. The average Bonchev–Trinajstić information content (AvgIpc) is 2.11. The third-order valence-electron chi connectivity index (χ3n) is 1.15. The van der Waals surface area contributed by atoms with E-state index in [2.05, 4.69) is 5.10 Å². The van der Waals surface area contributed by atoms with E-state index in [1.807, 2.05) is 0 Å². The van der Waals surface area contributed by atoms with Crippen molar-refractivity contribution in [3.63, 3.8) is 0 Å². The van der Waals surface area contributed by atoms with Gasteiger partial charge < -0.3 is 5.21 Å². The minimum Gasteiger partial charge on any atom is -0.411 e. The number of hydrogen-bond donors (Lipinski definition) is 1. The first-order chi connectivity index (χ1) is 4.91. The van der Waals surface area contributed by atoms with Gasteiger partial charge in [-0.3, -0.25) is 0 Å². The second-order valence-electron chi connectivity index (χ2n) is 2.06. The second kappa shape index (κ2) is 2.14. The summed E-state index contributed by atoms with van der Waals surface area (Å²) in [6.45, 7) is 1.32. The van der Waals surface area contributed by atoms with Gasteiger partial charge in [0.05, 0.1) is 5.69 Å². The van der Waals surface area contributed by atoms with Crippen LogP contribution in [0.4, 0.5) is 13.2 Å². The first-order valence-corrected chi connectivity index (χ1v) is 2.74. The fourth-order valence-corrected chi connectivity index (χ4v) is 0.604. The van der Waals surface area contributed by atoms with Crippen molar-refractivity contribution in [3.05, 3.63) is 17.5 Å². The van der Waals surface area contributed by atoms with Gasteiger partial charge in [-0.15, -0.1) is 9.94 Å². The fraction of sp³-hybridized carbons (Fsp3) is 0.400. The molecule has 0 fully saturated rings. The van der Waals surface area contributed by atoms with Crippen LogP contribution in [0, 0.1) is 6.92 Å². The number of aromatic nitrogens is 2. The van der Waals surface area contributed by atoms with Crippen LogP contribution in [0.1, 0.15) is 11.4 Å².